The first-order valence-electron chi connectivity index (χ1n) is 12.9. The van der Waals surface area contributed by atoms with Crippen molar-refractivity contribution >= 4 is 29.2 Å². The third-order valence-electron chi connectivity index (χ3n) is 6.31. The lowest BCUT2D eigenvalue weighted by atomic mass is 10.0. The highest BCUT2D eigenvalue weighted by Gasteiger charge is 2.26. The summed E-state index contributed by atoms with van der Waals surface area (Å²) >= 11 is 0. The molecule has 8 nitrogen and oxygen atoms in total. The Hall–Kier alpha value is -3.65. The lowest BCUT2D eigenvalue weighted by Crippen LogP contribution is -2.43. The van der Waals surface area contributed by atoms with Gasteiger partial charge in [-0.1, -0.05) is 25.1 Å². The zero-order chi connectivity index (χ0) is 27.2. The fourth-order valence-electron chi connectivity index (χ4n) is 4.48. The normalized spacial score (nSPS) is 14.0. The number of hydrogen-bond acceptors (Lipinski definition) is 5. The number of carbonyl (C=O) groups excluding carboxylic acids is 1. The fourth-order valence-corrected chi connectivity index (χ4v) is 4.48. The molecule has 0 saturated carbocycles. The van der Waals surface area contributed by atoms with Crippen LogP contribution >= 0.6 is 0 Å². The van der Waals surface area contributed by atoms with E-state index in [1.807, 2.05) is 30.9 Å². The van der Waals surface area contributed by atoms with E-state index in [1.54, 1.807) is 0 Å². The molecule has 0 atom stereocenters. The summed E-state index contributed by atoms with van der Waals surface area (Å²) in [6.07, 6.45) is 4.66. The number of aliphatic carboxylic acids is 2. The van der Waals surface area contributed by atoms with Crippen molar-refractivity contribution < 1.29 is 24.6 Å². The van der Waals surface area contributed by atoms with Crippen LogP contribution in [0.4, 0.5) is 11.4 Å². The van der Waals surface area contributed by atoms with Crippen molar-refractivity contribution in [1.29, 1.82) is 0 Å². The number of para-hydroxylation sites is 1. The molecule has 0 radical (unpaired) electrons. The second kappa shape index (κ2) is 15.5. The van der Waals surface area contributed by atoms with Crippen LogP contribution in [0.2, 0.25) is 0 Å². The number of rotatable bonds is 10. The topological polar surface area (TPSA) is 101 Å². The van der Waals surface area contributed by atoms with Crippen molar-refractivity contribution in [2.45, 2.75) is 46.1 Å². The van der Waals surface area contributed by atoms with E-state index in [0.717, 1.165) is 44.6 Å². The monoisotopic (exact) mass is 509 g/mol. The highest BCUT2D eigenvalue weighted by molar-refractivity contribution is 5.94. The van der Waals surface area contributed by atoms with Gasteiger partial charge in [0.1, 0.15) is 0 Å². The molecule has 1 fully saturated rings. The number of amides is 1. The van der Waals surface area contributed by atoms with Gasteiger partial charge in [0.25, 0.3) is 5.91 Å². The van der Waals surface area contributed by atoms with E-state index in [2.05, 4.69) is 59.2 Å². The molecule has 1 aliphatic rings. The summed E-state index contributed by atoms with van der Waals surface area (Å²) in [5.74, 6) is -2.40. The van der Waals surface area contributed by atoms with Gasteiger partial charge in [-0.05, 0) is 76.1 Å². The van der Waals surface area contributed by atoms with Crippen LogP contribution in [0.5, 0.6) is 0 Å². The van der Waals surface area contributed by atoms with E-state index >= 15 is 0 Å². The van der Waals surface area contributed by atoms with E-state index in [4.69, 9.17) is 10.2 Å². The SMILES string of the molecule is CCCN1CCC(N(c2ccccc2)c2ccc(C(=O)N(CC)CC)cc2)CC1.O=C(O)/C=C/C(=O)O. The van der Waals surface area contributed by atoms with Gasteiger partial charge in [-0.3, -0.25) is 4.79 Å². The first-order valence-corrected chi connectivity index (χ1v) is 12.9. The minimum absolute atomic E-state index is 0.112. The Morgan fingerprint density at radius 3 is 1.81 bits per heavy atom. The molecule has 8 heteroatoms. The number of nitrogens with zero attached hydrogens (tertiary/aromatic N) is 3. The summed E-state index contributed by atoms with van der Waals surface area (Å²) in [5, 5.41) is 15.6. The second-order valence-corrected chi connectivity index (χ2v) is 8.81. The molecule has 2 aromatic rings. The van der Waals surface area contributed by atoms with Crippen LogP contribution in [0.3, 0.4) is 0 Å². The standard InChI is InChI=1S/C25H35N3O.C4H4O4/c1-4-18-26-19-16-24(17-20-26)28(22-10-8-7-9-11-22)23-14-12-21(13-15-23)25(29)27(5-2)6-3;5-3(6)1-2-4(7)8/h7-15,24H,4-6,16-20H2,1-3H3;1-2H,(H,5,6)(H,7,8)/b;2-1+. The summed E-state index contributed by atoms with van der Waals surface area (Å²) in [6.45, 7) is 11.3. The number of anilines is 2. The Morgan fingerprint density at radius 2 is 1.35 bits per heavy atom. The molecule has 37 heavy (non-hydrogen) atoms. The molecule has 0 unspecified atom stereocenters. The third-order valence-corrected chi connectivity index (χ3v) is 6.31. The van der Waals surface area contributed by atoms with Crippen LogP contribution in [0.15, 0.2) is 66.7 Å². The lowest BCUT2D eigenvalue weighted by molar-refractivity contribution is -0.134. The Labute approximate surface area is 219 Å². The number of hydrogen-bond donors (Lipinski definition) is 2. The second-order valence-electron chi connectivity index (χ2n) is 8.81. The largest absolute Gasteiger partial charge is 0.478 e. The lowest BCUT2D eigenvalue weighted by Gasteiger charge is -2.40. The molecule has 0 aromatic heterocycles. The average molecular weight is 510 g/mol. The maximum absolute atomic E-state index is 12.7. The average Bonchev–Trinajstić information content (AvgIpc) is 2.91. The summed E-state index contributed by atoms with van der Waals surface area (Å²) in [5.41, 5.74) is 3.16. The Kier molecular flexibility index (Phi) is 12.4. The van der Waals surface area contributed by atoms with Crippen LogP contribution in [-0.2, 0) is 9.59 Å². The summed E-state index contributed by atoms with van der Waals surface area (Å²) in [7, 11) is 0. The molecule has 0 bridgehead atoms. The van der Waals surface area contributed by atoms with Crippen molar-refractivity contribution in [2.75, 3.05) is 37.6 Å². The minimum atomic E-state index is -1.26. The van der Waals surface area contributed by atoms with Gasteiger partial charge < -0.3 is 24.9 Å². The predicted octanol–water partition coefficient (Wildman–Crippen LogP) is 4.89. The van der Waals surface area contributed by atoms with Crippen molar-refractivity contribution in [3.63, 3.8) is 0 Å². The molecule has 0 aliphatic carbocycles. The number of carboxylic acid groups (broad SMARTS) is 2. The molecule has 1 heterocycles. The van der Waals surface area contributed by atoms with Crippen molar-refractivity contribution in [3.8, 4) is 0 Å². The fraction of sp³-hybridized carbons (Fsp3) is 0.414. The number of piperidine rings is 1. The molecule has 200 valence electrons. The summed E-state index contributed by atoms with van der Waals surface area (Å²) < 4.78 is 0. The molecule has 3 rings (SSSR count). The first-order chi connectivity index (χ1) is 17.8. The van der Waals surface area contributed by atoms with Crippen molar-refractivity contribution in [2.24, 2.45) is 0 Å². The number of carbonyl (C=O) groups is 3. The van der Waals surface area contributed by atoms with E-state index < -0.39 is 11.9 Å². The number of benzene rings is 2. The molecular weight excluding hydrogens is 470 g/mol. The van der Waals surface area contributed by atoms with Gasteiger partial charge in [0.2, 0.25) is 0 Å². The van der Waals surface area contributed by atoms with Gasteiger partial charge in [0.15, 0.2) is 0 Å². The zero-order valence-corrected chi connectivity index (χ0v) is 22.0. The predicted molar refractivity (Wildman–Crippen MR) is 146 cm³/mol. The molecule has 1 amide bonds. The zero-order valence-electron chi connectivity index (χ0n) is 22.0. The van der Waals surface area contributed by atoms with E-state index in [9.17, 15) is 14.4 Å². The molecular formula is C29H39N3O5. The van der Waals surface area contributed by atoms with Crippen molar-refractivity contribution in [1.82, 2.24) is 9.80 Å². The van der Waals surface area contributed by atoms with Gasteiger partial charge in [-0.15, -0.1) is 0 Å². The highest BCUT2D eigenvalue weighted by Crippen LogP contribution is 2.32. The highest BCUT2D eigenvalue weighted by atomic mass is 16.4. The number of likely N-dealkylation sites (tertiary alicyclic amines) is 1. The van der Waals surface area contributed by atoms with Gasteiger partial charge in [0.05, 0.1) is 0 Å². The van der Waals surface area contributed by atoms with Gasteiger partial charge in [0, 0.05) is 61.3 Å². The Balaban J connectivity index is 0.000000521. The van der Waals surface area contributed by atoms with Gasteiger partial charge in [-0.25, -0.2) is 9.59 Å². The van der Waals surface area contributed by atoms with Crippen molar-refractivity contribution in [3.05, 3.63) is 72.3 Å². The Morgan fingerprint density at radius 1 is 0.838 bits per heavy atom. The van der Waals surface area contributed by atoms with E-state index in [1.165, 1.54) is 24.3 Å². The van der Waals surface area contributed by atoms with Gasteiger partial charge in [-0.2, -0.15) is 0 Å². The maximum Gasteiger partial charge on any atom is 0.328 e. The third kappa shape index (κ3) is 9.38. The molecule has 1 aliphatic heterocycles. The molecule has 1 saturated heterocycles. The molecule has 2 N–H and O–H groups in total. The van der Waals surface area contributed by atoms with E-state index in [0.29, 0.717) is 18.2 Å². The van der Waals surface area contributed by atoms with Crippen LogP contribution in [-0.4, -0.2) is 76.6 Å². The van der Waals surface area contributed by atoms with Gasteiger partial charge >= 0.3 is 11.9 Å². The van der Waals surface area contributed by atoms with Crippen LogP contribution < -0.4 is 4.90 Å². The summed E-state index contributed by atoms with van der Waals surface area (Å²) in [6, 6.07) is 19.3. The quantitative estimate of drug-likeness (QED) is 0.440. The maximum atomic E-state index is 12.7. The number of carboxylic acids is 2. The van der Waals surface area contributed by atoms with E-state index in [-0.39, 0.29) is 5.91 Å². The van der Waals surface area contributed by atoms with Crippen LogP contribution in [0.1, 0.15) is 50.4 Å². The van der Waals surface area contributed by atoms with Crippen LogP contribution in [0.25, 0.3) is 0 Å². The smallest absolute Gasteiger partial charge is 0.328 e. The molecule has 2 aromatic carbocycles. The summed E-state index contributed by atoms with van der Waals surface area (Å²) in [4.78, 5) is 38.7. The van der Waals surface area contributed by atoms with Crippen LogP contribution in [0, 0.1) is 0 Å². The first kappa shape index (κ1) is 29.6. The molecule has 0 spiro atoms. The Bertz CT molecular complexity index is 996. The minimum Gasteiger partial charge on any atom is -0.478 e.